The molecule has 4 nitrogen and oxygen atoms in total. The van der Waals surface area contributed by atoms with E-state index in [9.17, 15) is 4.39 Å². The zero-order valence-corrected chi connectivity index (χ0v) is 13.4. The second-order valence-electron chi connectivity index (χ2n) is 5.51. The minimum atomic E-state index is -0.426. The van der Waals surface area contributed by atoms with Gasteiger partial charge in [-0.3, -0.25) is 0 Å². The van der Waals surface area contributed by atoms with Gasteiger partial charge in [-0.05, 0) is 52.5 Å². The second-order valence-corrected chi connectivity index (χ2v) is 6.71. The number of hydrogen-bond donors (Lipinski definition) is 1. The molecule has 2 atom stereocenters. The second kappa shape index (κ2) is 5.04. The van der Waals surface area contributed by atoms with Gasteiger partial charge in [-0.2, -0.15) is 4.98 Å². The molecule has 7 heteroatoms. The van der Waals surface area contributed by atoms with Crippen LogP contribution in [0.4, 0.5) is 10.2 Å². The van der Waals surface area contributed by atoms with Gasteiger partial charge >= 0.3 is 0 Å². The van der Waals surface area contributed by atoms with E-state index in [1.807, 2.05) is 6.07 Å². The molecule has 0 radical (unpaired) electrons. The summed E-state index contributed by atoms with van der Waals surface area (Å²) in [5.74, 6) is 0.233. The fraction of sp³-hybridized carbons (Fsp3) is 0.429. The molecule has 2 bridgehead atoms. The SMILES string of the molecule is [2H]N1[C@@H]2CC[C@H]1CN(c1nc(Cl)nc3c(F)c(Br)ccc13)C2. The Bertz CT molecular complexity index is 747. The summed E-state index contributed by atoms with van der Waals surface area (Å²) in [7, 11) is 0. The maximum absolute atomic E-state index is 14.3. The van der Waals surface area contributed by atoms with Crippen LogP contribution in [0.5, 0.6) is 0 Å². The molecule has 0 aliphatic carbocycles. The number of halogens is 3. The molecule has 2 aromatic rings. The highest BCUT2D eigenvalue weighted by Crippen LogP contribution is 2.33. The van der Waals surface area contributed by atoms with Crippen molar-refractivity contribution in [1.82, 2.24) is 15.3 Å². The lowest BCUT2D eigenvalue weighted by Crippen LogP contribution is -2.51. The first-order chi connectivity index (χ1) is 10.5. The van der Waals surface area contributed by atoms with Gasteiger partial charge in [0.25, 0.3) is 0 Å². The Labute approximate surface area is 136 Å². The topological polar surface area (TPSA) is 41.0 Å². The summed E-state index contributed by atoms with van der Waals surface area (Å²) in [6, 6.07) is 3.86. The van der Waals surface area contributed by atoms with E-state index in [0.717, 1.165) is 12.8 Å². The van der Waals surface area contributed by atoms with Gasteiger partial charge in [0.05, 0.1) is 4.47 Å². The predicted octanol–water partition coefficient (Wildman–Crippen LogP) is 3.13. The van der Waals surface area contributed by atoms with Crippen molar-refractivity contribution in [3.63, 3.8) is 0 Å². The van der Waals surface area contributed by atoms with Gasteiger partial charge in [0.15, 0.2) is 5.82 Å². The van der Waals surface area contributed by atoms with E-state index >= 15 is 0 Å². The van der Waals surface area contributed by atoms with Gasteiger partial charge in [-0.15, -0.1) is 0 Å². The molecule has 1 N–H and O–H groups in total. The average Bonchev–Trinajstić information content (AvgIpc) is 2.73. The number of nitrogens with one attached hydrogen (secondary N) is 1. The first kappa shape index (κ1) is 12.6. The Morgan fingerprint density at radius 2 is 2.05 bits per heavy atom. The van der Waals surface area contributed by atoms with Gasteiger partial charge in [0.1, 0.15) is 12.7 Å². The molecule has 2 fully saturated rings. The third kappa shape index (κ3) is 2.29. The first-order valence-electron chi connectivity index (χ1n) is 7.32. The summed E-state index contributed by atoms with van der Waals surface area (Å²) in [5.41, 5.74) is 0.227. The number of nitrogens with zero attached hydrogens (tertiary/aromatic N) is 3. The Morgan fingerprint density at radius 1 is 1.33 bits per heavy atom. The van der Waals surface area contributed by atoms with Gasteiger partial charge in [0.2, 0.25) is 5.28 Å². The molecule has 1 aromatic heterocycles. The van der Waals surface area contributed by atoms with E-state index in [4.69, 9.17) is 13.0 Å². The van der Waals surface area contributed by atoms with Crippen molar-refractivity contribution in [1.29, 1.82) is 0 Å². The first-order valence-corrected chi connectivity index (χ1v) is 8.05. The van der Waals surface area contributed by atoms with Crippen LogP contribution in [0.15, 0.2) is 16.6 Å². The smallest absolute Gasteiger partial charge is 0.225 e. The molecule has 2 aliphatic rings. The molecule has 0 amide bonds. The molecule has 110 valence electrons. The minimum absolute atomic E-state index is 0.0418. The Balaban J connectivity index is 1.84. The summed E-state index contributed by atoms with van der Waals surface area (Å²) in [6.45, 7) is 1.42. The maximum Gasteiger partial charge on any atom is 0.225 e. The molecule has 1 aromatic carbocycles. The van der Waals surface area contributed by atoms with Crippen LogP contribution in [0.1, 0.15) is 12.8 Å². The van der Waals surface area contributed by atoms with Crippen molar-refractivity contribution in [2.75, 3.05) is 18.0 Å². The lowest BCUT2D eigenvalue weighted by Gasteiger charge is -2.34. The van der Waals surface area contributed by atoms with Crippen molar-refractivity contribution in [2.45, 2.75) is 24.9 Å². The summed E-state index contributed by atoms with van der Waals surface area (Å²) in [4.78, 5) is 10.5. The van der Waals surface area contributed by atoms with Crippen LogP contribution in [-0.2, 0) is 0 Å². The Kier molecular flexibility index (Phi) is 3.01. The van der Waals surface area contributed by atoms with Crippen LogP contribution in [0.25, 0.3) is 10.9 Å². The normalized spacial score (nSPS) is 26.4. The number of fused-ring (bicyclic) bond motifs is 3. The highest BCUT2D eigenvalue weighted by Gasteiger charge is 2.33. The third-order valence-electron chi connectivity index (χ3n) is 4.13. The van der Waals surface area contributed by atoms with E-state index in [1.165, 1.54) is 0 Å². The average molecular weight is 373 g/mol. The largest absolute Gasteiger partial charge is 0.353 e. The van der Waals surface area contributed by atoms with Crippen molar-refractivity contribution >= 4 is 44.3 Å². The molecular formula is C14H13BrClFN4. The fourth-order valence-corrected chi connectivity index (χ4v) is 3.69. The number of aromatic nitrogens is 2. The van der Waals surface area contributed by atoms with Crippen LogP contribution in [-0.4, -0.2) is 35.1 Å². The number of piperazine rings is 1. The van der Waals surface area contributed by atoms with Crippen LogP contribution >= 0.6 is 27.5 Å². The Hall–Kier alpha value is -0.980. The number of benzene rings is 1. The minimum Gasteiger partial charge on any atom is -0.353 e. The fourth-order valence-electron chi connectivity index (χ4n) is 3.20. The van der Waals surface area contributed by atoms with Crippen molar-refractivity contribution in [3.8, 4) is 0 Å². The van der Waals surface area contributed by atoms with Crippen molar-refractivity contribution in [2.24, 2.45) is 0 Å². The molecule has 3 heterocycles. The van der Waals surface area contributed by atoms with Crippen molar-refractivity contribution < 1.29 is 5.80 Å². The number of anilines is 1. The van der Waals surface area contributed by atoms with Crippen LogP contribution in [0, 0.1) is 5.82 Å². The van der Waals surface area contributed by atoms with E-state index in [0.29, 0.717) is 28.8 Å². The van der Waals surface area contributed by atoms with Gasteiger partial charge in [0, 0.05) is 30.6 Å². The van der Waals surface area contributed by atoms with Gasteiger partial charge in [-0.1, -0.05) is 0 Å². The van der Waals surface area contributed by atoms with Crippen molar-refractivity contribution in [3.05, 3.63) is 27.7 Å². The quantitative estimate of drug-likeness (QED) is 0.781. The van der Waals surface area contributed by atoms with Crippen LogP contribution in [0.3, 0.4) is 0 Å². The van der Waals surface area contributed by atoms with Crippen LogP contribution in [0.2, 0.25) is 6.70 Å². The summed E-state index contributed by atoms with van der Waals surface area (Å²) in [6.07, 6.45) is 2.03. The molecule has 4 rings (SSSR count). The molecule has 2 aliphatic heterocycles. The summed E-state index contributed by atoms with van der Waals surface area (Å²) >= 11 is 9.18. The highest BCUT2D eigenvalue weighted by molar-refractivity contribution is 9.10. The van der Waals surface area contributed by atoms with E-state index < -0.39 is 5.82 Å². The molecule has 0 spiro atoms. The monoisotopic (exact) mass is 371 g/mol. The number of hydrogen-bond acceptors (Lipinski definition) is 4. The standard InChI is InChI=1S/C14H13BrClFN4/c15-10-4-3-9-12(11(10)17)19-14(16)20-13(9)21-5-7-1-2-8(6-21)18-7/h3-4,7-8,18H,1-2,5-6H2/t7-,8+/i/hD. The lowest BCUT2D eigenvalue weighted by molar-refractivity contribution is 0.464. The van der Waals surface area contributed by atoms with Gasteiger partial charge < -0.3 is 10.2 Å². The number of rotatable bonds is 1. The zero-order valence-electron chi connectivity index (χ0n) is 12.1. The van der Waals surface area contributed by atoms with E-state index in [-0.39, 0.29) is 22.9 Å². The summed E-state index contributed by atoms with van der Waals surface area (Å²) < 4.78 is 22.7. The van der Waals surface area contributed by atoms with E-state index in [2.05, 4.69) is 30.8 Å². The maximum atomic E-state index is 14.3. The molecule has 2 saturated heterocycles. The highest BCUT2D eigenvalue weighted by atomic mass is 79.9. The molecular weight excluding hydrogens is 359 g/mol. The van der Waals surface area contributed by atoms with E-state index in [1.54, 1.807) is 11.4 Å². The molecule has 0 saturated carbocycles. The zero-order chi connectivity index (χ0) is 15.4. The Morgan fingerprint density at radius 3 is 2.76 bits per heavy atom. The van der Waals surface area contributed by atoms with Crippen LogP contribution < -0.4 is 10.2 Å². The van der Waals surface area contributed by atoms with Gasteiger partial charge in [-0.25, -0.2) is 9.37 Å². The predicted molar refractivity (Wildman–Crippen MR) is 84.4 cm³/mol. The lowest BCUT2D eigenvalue weighted by atomic mass is 10.2. The molecule has 0 unspecified atom stereocenters. The summed E-state index contributed by atoms with van der Waals surface area (Å²) in [5, 5.41) is 2.39. The third-order valence-corrected chi connectivity index (χ3v) is 4.91. The molecule has 21 heavy (non-hydrogen) atoms.